The van der Waals surface area contributed by atoms with Crippen molar-refractivity contribution in [2.24, 2.45) is 0 Å². The third-order valence-electron chi connectivity index (χ3n) is 3.79. The van der Waals surface area contributed by atoms with Gasteiger partial charge in [-0.15, -0.1) is 0 Å². The molecule has 1 amide bonds. The Bertz CT molecular complexity index is 1090. The van der Waals surface area contributed by atoms with Crippen LogP contribution < -0.4 is 15.4 Å². The lowest BCUT2D eigenvalue weighted by Crippen LogP contribution is -2.20. The number of rotatable bonds is 6. The van der Waals surface area contributed by atoms with Crippen LogP contribution in [0.4, 0.5) is 43.7 Å². The molecule has 3 aromatic rings. The Hall–Kier alpha value is -3.90. The van der Waals surface area contributed by atoms with Gasteiger partial charge >= 0.3 is 12.4 Å². The molecule has 168 valence electrons. The third kappa shape index (κ3) is 6.30. The number of amides is 1. The zero-order valence-electron chi connectivity index (χ0n) is 15.8. The Labute approximate surface area is 176 Å². The molecule has 0 bridgehead atoms. The first-order chi connectivity index (χ1) is 15.0. The molecule has 0 aromatic carbocycles. The number of aromatic nitrogens is 3. The molecule has 0 atom stereocenters. The monoisotopic (exact) mass is 457 g/mol. The Morgan fingerprint density at radius 2 is 1.72 bits per heavy atom. The predicted octanol–water partition coefficient (Wildman–Crippen LogP) is 4.83. The highest BCUT2D eigenvalue weighted by atomic mass is 19.4. The Balaban J connectivity index is 1.71. The summed E-state index contributed by atoms with van der Waals surface area (Å²) in [6.07, 6.45) is -4.88. The molecule has 0 unspecified atom stereocenters. The summed E-state index contributed by atoms with van der Waals surface area (Å²) in [7, 11) is 0. The van der Waals surface area contributed by atoms with Crippen molar-refractivity contribution >= 4 is 23.2 Å². The number of nitrogens with one attached hydrogen (secondary N) is 2. The van der Waals surface area contributed by atoms with Crippen LogP contribution in [0.5, 0.6) is 5.75 Å². The second-order valence-corrected chi connectivity index (χ2v) is 6.21. The van der Waals surface area contributed by atoms with Gasteiger partial charge in [-0.3, -0.25) is 9.78 Å². The van der Waals surface area contributed by atoms with Crippen molar-refractivity contribution in [3.8, 4) is 5.75 Å². The summed E-state index contributed by atoms with van der Waals surface area (Å²) in [6.45, 7) is -1.55. The van der Waals surface area contributed by atoms with E-state index < -0.39 is 30.4 Å². The molecule has 2 N–H and O–H groups in total. The van der Waals surface area contributed by atoms with Crippen LogP contribution in [0.1, 0.15) is 15.9 Å². The van der Waals surface area contributed by atoms with Crippen LogP contribution in [0.15, 0.2) is 55.1 Å². The van der Waals surface area contributed by atoms with E-state index in [-0.39, 0.29) is 28.6 Å². The standard InChI is InChI=1S/C19H13F6N5O2/c20-18(21,22)10-32-14-4-5-26-9-13(14)29-17(31)11-3-6-27-16(7-11)30-15-2-1-12(8-28-15)19(23,24)25/h1-9H,10H2,(H,29,31)(H,27,28,30). The molecule has 3 rings (SSSR count). The van der Waals surface area contributed by atoms with E-state index in [0.29, 0.717) is 6.20 Å². The summed E-state index contributed by atoms with van der Waals surface area (Å²) in [5.41, 5.74) is -0.957. The summed E-state index contributed by atoms with van der Waals surface area (Å²) in [5, 5.41) is 5.05. The fraction of sp³-hybridized carbons (Fsp3) is 0.158. The van der Waals surface area contributed by atoms with Crippen molar-refractivity contribution < 1.29 is 35.9 Å². The summed E-state index contributed by atoms with van der Waals surface area (Å²) in [4.78, 5) is 23.9. The average Bonchev–Trinajstić information content (AvgIpc) is 2.72. The number of alkyl halides is 6. The third-order valence-corrected chi connectivity index (χ3v) is 3.79. The van der Waals surface area contributed by atoms with Crippen molar-refractivity contribution in [3.05, 3.63) is 66.2 Å². The lowest BCUT2D eigenvalue weighted by Gasteiger charge is -2.13. The van der Waals surface area contributed by atoms with E-state index in [4.69, 9.17) is 0 Å². The number of carbonyl (C=O) groups is 1. The van der Waals surface area contributed by atoms with Crippen LogP contribution in [0.25, 0.3) is 0 Å². The molecule has 0 radical (unpaired) electrons. The van der Waals surface area contributed by atoms with E-state index in [1.807, 2.05) is 0 Å². The van der Waals surface area contributed by atoms with Crippen molar-refractivity contribution in [1.29, 1.82) is 0 Å². The molecule has 3 aromatic heterocycles. The topological polar surface area (TPSA) is 89.0 Å². The lowest BCUT2D eigenvalue weighted by molar-refractivity contribution is -0.153. The minimum atomic E-state index is -4.57. The zero-order chi connectivity index (χ0) is 23.4. The largest absolute Gasteiger partial charge is 0.482 e. The maximum absolute atomic E-state index is 12.6. The minimum Gasteiger partial charge on any atom is -0.482 e. The van der Waals surface area contributed by atoms with E-state index in [1.165, 1.54) is 24.5 Å². The van der Waals surface area contributed by atoms with Gasteiger partial charge in [0.1, 0.15) is 23.1 Å². The molecular formula is C19H13F6N5O2. The Morgan fingerprint density at radius 1 is 0.938 bits per heavy atom. The summed E-state index contributed by atoms with van der Waals surface area (Å²) >= 11 is 0. The maximum atomic E-state index is 12.6. The predicted molar refractivity (Wildman–Crippen MR) is 100 cm³/mol. The first kappa shape index (κ1) is 22.8. The van der Waals surface area contributed by atoms with E-state index in [9.17, 15) is 31.1 Å². The van der Waals surface area contributed by atoms with Gasteiger partial charge in [0.25, 0.3) is 5.91 Å². The number of hydrogen-bond donors (Lipinski definition) is 2. The van der Waals surface area contributed by atoms with Crippen molar-refractivity contribution in [2.75, 3.05) is 17.2 Å². The fourth-order valence-electron chi connectivity index (χ4n) is 2.36. The van der Waals surface area contributed by atoms with Crippen LogP contribution >= 0.6 is 0 Å². The number of nitrogens with zero attached hydrogens (tertiary/aromatic N) is 3. The van der Waals surface area contributed by atoms with Crippen LogP contribution in [0.3, 0.4) is 0 Å². The van der Waals surface area contributed by atoms with Crippen molar-refractivity contribution in [1.82, 2.24) is 15.0 Å². The van der Waals surface area contributed by atoms with E-state index in [0.717, 1.165) is 24.4 Å². The van der Waals surface area contributed by atoms with Crippen LogP contribution in [0.2, 0.25) is 0 Å². The summed E-state index contributed by atoms with van der Waals surface area (Å²) < 4.78 is 79.7. The van der Waals surface area contributed by atoms with Gasteiger partial charge in [0, 0.05) is 30.2 Å². The number of halogens is 6. The fourth-order valence-corrected chi connectivity index (χ4v) is 2.36. The molecule has 0 spiro atoms. The Morgan fingerprint density at radius 3 is 2.38 bits per heavy atom. The molecular weight excluding hydrogens is 444 g/mol. The van der Waals surface area contributed by atoms with Gasteiger partial charge in [0.15, 0.2) is 6.61 Å². The van der Waals surface area contributed by atoms with E-state index in [1.54, 1.807) is 0 Å². The highest BCUT2D eigenvalue weighted by Crippen LogP contribution is 2.29. The van der Waals surface area contributed by atoms with Crippen LogP contribution in [-0.2, 0) is 6.18 Å². The quantitative estimate of drug-likeness (QED) is 0.516. The zero-order valence-corrected chi connectivity index (χ0v) is 15.8. The lowest BCUT2D eigenvalue weighted by atomic mass is 10.2. The van der Waals surface area contributed by atoms with Gasteiger partial charge in [0.2, 0.25) is 0 Å². The number of anilines is 3. The second-order valence-electron chi connectivity index (χ2n) is 6.21. The minimum absolute atomic E-state index is 0.0538. The molecule has 0 aliphatic heterocycles. The molecule has 32 heavy (non-hydrogen) atoms. The molecule has 0 saturated carbocycles. The molecule has 0 aliphatic carbocycles. The molecule has 3 heterocycles. The molecule has 0 aliphatic rings. The summed E-state index contributed by atoms with van der Waals surface area (Å²) in [5.74, 6) is -0.782. The first-order valence-electron chi connectivity index (χ1n) is 8.72. The first-order valence-corrected chi connectivity index (χ1v) is 8.72. The second kappa shape index (κ2) is 9.08. The molecule has 13 heteroatoms. The SMILES string of the molecule is O=C(Nc1cnccc1OCC(F)(F)F)c1ccnc(Nc2ccc(C(F)(F)F)cn2)c1. The smallest absolute Gasteiger partial charge is 0.422 e. The highest BCUT2D eigenvalue weighted by molar-refractivity contribution is 6.05. The molecule has 0 saturated heterocycles. The summed E-state index contributed by atoms with van der Waals surface area (Å²) in [6, 6.07) is 5.69. The molecule has 0 fully saturated rings. The number of ether oxygens (including phenoxy) is 1. The Kier molecular flexibility index (Phi) is 6.46. The number of carbonyl (C=O) groups excluding carboxylic acids is 1. The van der Waals surface area contributed by atoms with E-state index >= 15 is 0 Å². The van der Waals surface area contributed by atoms with Crippen LogP contribution in [0, 0.1) is 0 Å². The average molecular weight is 457 g/mol. The van der Waals surface area contributed by atoms with Crippen LogP contribution in [-0.4, -0.2) is 33.6 Å². The highest BCUT2D eigenvalue weighted by Gasteiger charge is 2.31. The maximum Gasteiger partial charge on any atom is 0.422 e. The van der Waals surface area contributed by atoms with Gasteiger partial charge in [0.05, 0.1) is 11.8 Å². The van der Waals surface area contributed by atoms with Crippen molar-refractivity contribution in [3.63, 3.8) is 0 Å². The van der Waals surface area contributed by atoms with Gasteiger partial charge in [-0.05, 0) is 24.3 Å². The van der Waals surface area contributed by atoms with Gasteiger partial charge in [-0.25, -0.2) is 9.97 Å². The molecule has 7 nitrogen and oxygen atoms in total. The van der Waals surface area contributed by atoms with E-state index in [2.05, 4.69) is 30.3 Å². The normalized spacial score (nSPS) is 11.7. The number of pyridine rings is 3. The van der Waals surface area contributed by atoms with Gasteiger partial charge in [-0.2, -0.15) is 26.3 Å². The van der Waals surface area contributed by atoms with Gasteiger partial charge in [-0.1, -0.05) is 0 Å². The van der Waals surface area contributed by atoms with Gasteiger partial charge < -0.3 is 15.4 Å². The van der Waals surface area contributed by atoms with Crippen molar-refractivity contribution in [2.45, 2.75) is 12.4 Å². The number of hydrogen-bond acceptors (Lipinski definition) is 6.